The molecule has 0 saturated carbocycles. The predicted octanol–water partition coefficient (Wildman–Crippen LogP) is 1.25. The molecule has 1 aromatic carbocycles. The monoisotopic (exact) mass is 185 g/mol. The summed E-state index contributed by atoms with van der Waals surface area (Å²) in [4.78, 5) is 10.3. The van der Waals surface area contributed by atoms with Crippen molar-refractivity contribution in [1.82, 2.24) is 0 Å². The molecule has 0 radical (unpaired) electrons. The van der Waals surface area contributed by atoms with Crippen molar-refractivity contribution in [2.24, 2.45) is 0 Å². The van der Waals surface area contributed by atoms with E-state index in [9.17, 15) is 9.18 Å². The number of nitrogens with one attached hydrogen (secondary N) is 1. The van der Waals surface area contributed by atoms with Crippen LogP contribution in [0.5, 0.6) is 0 Å². The molecule has 0 fully saturated rings. The molecule has 0 atom stereocenters. The van der Waals surface area contributed by atoms with E-state index in [1.54, 1.807) is 5.48 Å². The minimum absolute atomic E-state index is 0.0717. The Morgan fingerprint density at radius 3 is 2.77 bits per heavy atom. The van der Waals surface area contributed by atoms with Crippen LogP contribution in [0.25, 0.3) is 0 Å². The summed E-state index contributed by atoms with van der Waals surface area (Å²) in [6, 6.07) is 3.47. The number of carboxylic acids is 1. The highest BCUT2D eigenvalue weighted by Crippen LogP contribution is 2.16. The van der Waals surface area contributed by atoms with E-state index < -0.39 is 11.8 Å². The molecule has 0 saturated heterocycles. The summed E-state index contributed by atoms with van der Waals surface area (Å²) in [6.45, 7) is 0. The fraction of sp³-hybridized carbons (Fsp3) is 0.125. The molecule has 5 heteroatoms. The van der Waals surface area contributed by atoms with Gasteiger partial charge in [-0.3, -0.25) is 15.5 Å². The zero-order valence-corrected chi connectivity index (χ0v) is 6.62. The van der Waals surface area contributed by atoms with Gasteiger partial charge in [-0.2, -0.15) is 0 Å². The first-order chi connectivity index (χ1) is 6.13. The minimum Gasteiger partial charge on any atom is -0.481 e. The molecule has 0 heterocycles. The van der Waals surface area contributed by atoms with Crippen molar-refractivity contribution < 1.29 is 19.5 Å². The van der Waals surface area contributed by atoms with E-state index in [0.717, 1.165) is 12.1 Å². The Bertz CT molecular complexity index is 327. The molecule has 0 aromatic heterocycles. The molecule has 0 aliphatic heterocycles. The molecule has 13 heavy (non-hydrogen) atoms. The van der Waals surface area contributed by atoms with Crippen molar-refractivity contribution in [3.05, 3.63) is 29.6 Å². The Labute approximate surface area is 73.6 Å². The first kappa shape index (κ1) is 9.47. The number of carboxylic acid groups (broad SMARTS) is 1. The third kappa shape index (κ3) is 2.41. The molecule has 0 spiro atoms. The van der Waals surface area contributed by atoms with Gasteiger partial charge < -0.3 is 5.11 Å². The number of halogens is 1. The first-order valence-electron chi connectivity index (χ1n) is 3.54. The Hall–Kier alpha value is -1.62. The number of hydrogen-bond donors (Lipinski definition) is 3. The van der Waals surface area contributed by atoms with Crippen LogP contribution >= 0.6 is 0 Å². The summed E-state index contributed by atoms with van der Waals surface area (Å²) >= 11 is 0. The van der Waals surface area contributed by atoms with Crippen molar-refractivity contribution in [2.45, 2.75) is 6.42 Å². The van der Waals surface area contributed by atoms with E-state index >= 15 is 0 Å². The molecule has 1 rings (SSSR count). The maximum absolute atomic E-state index is 12.6. The number of aliphatic carboxylic acids is 1. The zero-order valence-electron chi connectivity index (χ0n) is 6.62. The molecule has 3 N–H and O–H groups in total. The number of anilines is 1. The fourth-order valence-corrected chi connectivity index (χ4v) is 0.970. The predicted molar refractivity (Wildman–Crippen MR) is 43.1 cm³/mol. The van der Waals surface area contributed by atoms with Gasteiger partial charge in [0, 0.05) is 0 Å². The number of rotatable bonds is 3. The molecule has 0 aliphatic carbocycles. The highest BCUT2D eigenvalue weighted by molar-refractivity contribution is 5.73. The van der Waals surface area contributed by atoms with Crippen LogP contribution in [0.4, 0.5) is 10.1 Å². The largest absolute Gasteiger partial charge is 0.481 e. The second-order valence-corrected chi connectivity index (χ2v) is 2.48. The van der Waals surface area contributed by atoms with E-state index in [2.05, 4.69) is 0 Å². The minimum atomic E-state index is -1.04. The fourth-order valence-electron chi connectivity index (χ4n) is 0.970. The van der Waals surface area contributed by atoms with E-state index in [0.29, 0.717) is 5.56 Å². The van der Waals surface area contributed by atoms with Crippen LogP contribution in [0.2, 0.25) is 0 Å². The molecular formula is C8H8FNO3. The van der Waals surface area contributed by atoms with Crippen LogP contribution in [0.15, 0.2) is 18.2 Å². The Morgan fingerprint density at radius 2 is 2.23 bits per heavy atom. The third-order valence-electron chi connectivity index (χ3n) is 1.53. The van der Waals surface area contributed by atoms with Gasteiger partial charge in [0.25, 0.3) is 0 Å². The molecule has 0 aliphatic rings. The molecule has 70 valence electrons. The lowest BCUT2D eigenvalue weighted by molar-refractivity contribution is -0.136. The van der Waals surface area contributed by atoms with E-state index in [1.165, 1.54) is 6.07 Å². The van der Waals surface area contributed by atoms with Crippen LogP contribution in [0, 0.1) is 5.82 Å². The van der Waals surface area contributed by atoms with Gasteiger partial charge in [-0.1, -0.05) is 6.07 Å². The summed E-state index contributed by atoms with van der Waals surface area (Å²) in [6.07, 6.45) is -0.261. The SMILES string of the molecule is O=C(O)Cc1ccc(F)cc1NO. The third-order valence-corrected chi connectivity index (χ3v) is 1.53. The second-order valence-electron chi connectivity index (χ2n) is 2.48. The van der Waals surface area contributed by atoms with Gasteiger partial charge in [0.15, 0.2) is 0 Å². The normalized spacial score (nSPS) is 9.69. The lowest BCUT2D eigenvalue weighted by Crippen LogP contribution is -2.04. The maximum Gasteiger partial charge on any atom is 0.307 e. The van der Waals surface area contributed by atoms with Crippen LogP contribution in [0.3, 0.4) is 0 Å². The summed E-state index contributed by atoms with van der Waals surface area (Å²) in [5.74, 6) is -1.58. The Morgan fingerprint density at radius 1 is 1.54 bits per heavy atom. The number of benzene rings is 1. The van der Waals surface area contributed by atoms with Crippen LogP contribution in [0.1, 0.15) is 5.56 Å². The lowest BCUT2D eigenvalue weighted by Gasteiger charge is -2.05. The van der Waals surface area contributed by atoms with Gasteiger partial charge in [-0.15, -0.1) is 0 Å². The number of hydrogen-bond acceptors (Lipinski definition) is 3. The van der Waals surface area contributed by atoms with Crippen LogP contribution in [-0.4, -0.2) is 16.3 Å². The van der Waals surface area contributed by atoms with Crippen LogP contribution < -0.4 is 5.48 Å². The first-order valence-corrected chi connectivity index (χ1v) is 3.54. The molecule has 1 aromatic rings. The molecule has 0 bridgehead atoms. The van der Waals surface area contributed by atoms with Gasteiger partial charge in [0.2, 0.25) is 0 Å². The average molecular weight is 185 g/mol. The molecule has 0 unspecified atom stereocenters. The van der Waals surface area contributed by atoms with Crippen molar-refractivity contribution >= 4 is 11.7 Å². The summed E-state index contributed by atoms with van der Waals surface area (Å²) in [5.41, 5.74) is 2.14. The van der Waals surface area contributed by atoms with Crippen molar-refractivity contribution in [3.8, 4) is 0 Å². The van der Waals surface area contributed by atoms with Gasteiger partial charge in [0.1, 0.15) is 5.82 Å². The van der Waals surface area contributed by atoms with Gasteiger partial charge in [0.05, 0.1) is 12.1 Å². The lowest BCUT2D eigenvalue weighted by atomic mass is 10.1. The van der Waals surface area contributed by atoms with Crippen molar-refractivity contribution in [2.75, 3.05) is 5.48 Å². The molecule has 4 nitrogen and oxygen atoms in total. The van der Waals surface area contributed by atoms with E-state index in [-0.39, 0.29) is 12.1 Å². The van der Waals surface area contributed by atoms with Crippen LogP contribution in [-0.2, 0) is 11.2 Å². The average Bonchev–Trinajstić information content (AvgIpc) is 2.07. The number of carbonyl (C=O) groups is 1. The highest BCUT2D eigenvalue weighted by Gasteiger charge is 2.06. The van der Waals surface area contributed by atoms with Crippen molar-refractivity contribution in [3.63, 3.8) is 0 Å². The summed E-state index contributed by atoms with van der Waals surface area (Å²) in [5, 5.41) is 17.0. The standard InChI is InChI=1S/C8H8FNO3/c9-6-2-1-5(3-8(11)12)7(4-6)10-13/h1-2,4,10,13H,3H2,(H,11,12). The van der Waals surface area contributed by atoms with Gasteiger partial charge >= 0.3 is 5.97 Å². The Kier molecular flexibility index (Phi) is 2.81. The second kappa shape index (κ2) is 3.86. The Balaban J connectivity index is 2.99. The van der Waals surface area contributed by atoms with Crippen molar-refractivity contribution in [1.29, 1.82) is 0 Å². The summed E-state index contributed by atoms with van der Waals surface area (Å²) < 4.78 is 12.6. The van der Waals surface area contributed by atoms with Gasteiger partial charge in [-0.05, 0) is 17.7 Å². The van der Waals surface area contributed by atoms with E-state index in [4.69, 9.17) is 10.3 Å². The smallest absolute Gasteiger partial charge is 0.307 e. The van der Waals surface area contributed by atoms with Gasteiger partial charge in [-0.25, -0.2) is 4.39 Å². The maximum atomic E-state index is 12.6. The zero-order chi connectivity index (χ0) is 9.84. The quantitative estimate of drug-likeness (QED) is 0.620. The topological polar surface area (TPSA) is 69.6 Å². The van der Waals surface area contributed by atoms with E-state index in [1.807, 2.05) is 0 Å². The molecule has 0 amide bonds. The highest BCUT2D eigenvalue weighted by atomic mass is 19.1. The molecular weight excluding hydrogens is 177 g/mol. The summed E-state index contributed by atoms with van der Waals surface area (Å²) in [7, 11) is 0.